The van der Waals surface area contributed by atoms with Gasteiger partial charge in [0.1, 0.15) is 0 Å². The zero-order chi connectivity index (χ0) is 22.8. The van der Waals surface area contributed by atoms with Gasteiger partial charge < -0.3 is 0 Å². The van der Waals surface area contributed by atoms with Crippen molar-refractivity contribution in [2.75, 3.05) is 0 Å². The van der Waals surface area contributed by atoms with Gasteiger partial charge >= 0.3 is 0 Å². The first-order chi connectivity index (χ1) is 16.1. The molecule has 3 aromatic carbocycles. The molecule has 164 valence electrons. The second-order valence-electron chi connectivity index (χ2n) is 8.52. The quantitative estimate of drug-likeness (QED) is 0.486. The van der Waals surface area contributed by atoms with Gasteiger partial charge in [0.05, 0.1) is 18.3 Å². The number of rotatable bonds is 5. The molecule has 1 heterocycles. The lowest BCUT2D eigenvalue weighted by atomic mass is 9.68. The summed E-state index contributed by atoms with van der Waals surface area (Å²) in [5, 5.41) is 0.958. The van der Waals surface area contributed by atoms with E-state index in [2.05, 4.69) is 5.43 Å². The van der Waals surface area contributed by atoms with Crippen LogP contribution in [0.4, 0.5) is 0 Å². The van der Waals surface area contributed by atoms with E-state index in [0.717, 1.165) is 21.7 Å². The first-order valence-corrected chi connectivity index (χ1v) is 11.1. The number of hydrogen-bond acceptors (Lipinski definition) is 3. The Bertz CT molecular complexity index is 1120. The Morgan fingerprint density at radius 3 is 1.55 bits per heavy atom. The molecule has 0 radical (unpaired) electrons. The van der Waals surface area contributed by atoms with E-state index in [1.807, 2.05) is 103 Å². The number of imide groups is 1. The minimum absolute atomic E-state index is 0.0930. The van der Waals surface area contributed by atoms with Gasteiger partial charge in [-0.1, -0.05) is 103 Å². The van der Waals surface area contributed by atoms with Crippen LogP contribution in [0.2, 0.25) is 0 Å². The van der Waals surface area contributed by atoms with Crippen LogP contribution in [0.25, 0.3) is 0 Å². The van der Waals surface area contributed by atoms with Crippen LogP contribution < -0.4 is 5.43 Å². The molecule has 3 amide bonds. The summed E-state index contributed by atoms with van der Waals surface area (Å²) in [6, 6.07) is 28.7. The molecule has 1 saturated heterocycles. The second-order valence-corrected chi connectivity index (χ2v) is 8.52. The number of carbonyl (C=O) groups excluding carboxylic acids is 3. The highest BCUT2D eigenvalue weighted by Crippen LogP contribution is 2.48. The van der Waals surface area contributed by atoms with Crippen molar-refractivity contribution in [2.45, 2.75) is 18.3 Å². The molecule has 5 nitrogen and oxygen atoms in total. The maximum atomic E-state index is 13.6. The van der Waals surface area contributed by atoms with E-state index in [1.165, 1.54) is 0 Å². The van der Waals surface area contributed by atoms with Gasteiger partial charge in [-0.25, -0.2) is 0 Å². The summed E-state index contributed by atoms with van der Waals surface area (Å²) in [5.41, 5.74) is 5.37. The van der Waals surface area contributed by atoms with Crippen LogP contribution in [0, 0.1) is 11.8 Å². The smallest absolute Gasteiger partial charge is 0.253 e. The SMILES string of the molecule is O=C(Cc1ccccc1)NN1C(=O)[C@H]2[C@H](C1=O)[C@H](c1ccccc1)C=C[C@@H]2c1ccccc1. The molecule has 0 spiro atoms. The number of hydrazine groups is 1. The Labute approximate surface area is 192 Å². The minimum Gasteiger partial charge on any atom is -0.273 e. The largest absolute Gasteiger partial charge is 0.273 e. The highest BCUT2D eigenvalue weighted by molar-refractivity contribution is 6.07. The summed E-state index contributed by atoms with van der Waals surface area (Å²) in [6.45, 7) is 0. The molecule has 0 aromatic heterocycles. The van der Waals surface area contributed by atoms with Crippen LogP contribution in [-0.4, -0.2) is 22.7 Å². The van der Waals surface area contributed by atoms with Crippen LogP contribution in [0.1, 0.15) is 28.5 Å². The fourth-order valence-corrected chi connectivity index (χ4v) is 4.99. The van der Waals surface area contributed by atoms with Crippen molar-refractivity contribution < 1.29 is 14.4 Å². The second kappa shape index (κ2) is 8.87. The molecule has 2 aliphatic rings. The van der Waals surface area contributed by atoms with E-state index in [9.17, 15) is 14.4 Å². The van der Waals surface area contributed by atoms with E-state index < -0.39 is 11.8 Å². The monoisotopic (exact) mass is 436 g/mol. The van der Waals surface area contributed by atoms with Gasteiger partial charge in [0.2, 0.25) is 5.91 Å². The third-order valence-electron chi connectivity index (χ3n) is 6.51. The van der Waals surface area contributed by atoms with Crippen LogP contribution >= 0.6 is 0 Å². The molecule has 1 fully saturated rings. The minimum atomic E-state index is -0.577. The molecule has 33 heavy (non-hydrogen) atoms. The van der Waals surface area contributed by atoms with Gasteiger partial charge in [-0.05, 0) is 16.7 Å². The zero-order valence-corrected chi connectivity index (χ0v) is 18.0. The Hall–Kier alpha value is -3.99. The van der Waals surface area contributed by atoms with Gasteiger partial charge in [-0.3, -0.25) is 19.8 Å². The first kappa shape index (κ1) is 20.9. The Morgan fingerprint density at radius 2 is 1.09 bits per heavy atom. The number of allylic oxidation sites excluding steroid dienone is 2. The predicted octanol–water partition coefficient (Wildman–Crippen LogP) is 4.00. The number of carbonyl (C=O) groups is 3. The van der Waals surface area contributed by atoms with Crippen molar-refractivity contribution in [3.63, 3.8) is 0 Å². The van der Waals surface area contributed by atoms with Crippen molar-refractivity contribution in [2.24, 2.45) is 11.8 Å². The first-order valence-electron chi connectivity index (χ1n) is 11.1. The normalized spacial score (nSPS) is 23.9. The summed E-state index contributed by atoms with van der Waals surface area (Å²) in [6.07, 6.45) is 4.17. The zero-order valence-electron chi connectivity index (χ0n) is 18.0. The molecule has 1 aliphatic carbocycles. The van der Waals surface area contributed by atoms with Crippen molar-refractivity contribution >= 4 is 17.7 Å². The highest BCUT2D eigenvalue weighted by Gasteiger charge is 2.55. The average Bonchev–Trinajstić information content (AvgIpc) is 3.10. The van der Waals surface area contributed by atoms with Crippen molar-refractivity contribution in [3.8, 4) is 0 Å². The van der Waals surface area contributed by atoms with E-state index >= 15 is 0 Å². The molecule has 4 atom stereocenters. The van der Waals surface area contributed by atoms with E-state index in [0.29, 0.717) is 0 Å². The maximum absolute atomic E-state index is 13.6. The molecule has 1 N–H and O–H groups in total. The summed E-state index contributed by atoms with van der Waals surface area (Å²) in [4.78, 5) is 39.8. The Kier molecular flexibility index (Phi) is 5.61. The lowest BCUT2D eigenvalue weighted by Gasteiger charge is -2.32. The van der Waals surface area contributed by atoms with E-state index in [4.69, 9.17) is 0 Å². The molecule has 5 rings (SSSR count). The number of benzene rings is 3. The van der Waals surface area contributed by atoms with Gasteiger partial charge in [0.25, 0.3) is 11.8 Å². The van der Waals surface area contributed by atoms with Gasteiger partial charge in [0, 0.05) is 11.8 Å². The predicted molar refractivity (Wildman–Crippen MR) is 125 cm³/mol. The number of nitrogens with zero attached hydrogens (tertiary/aromatic N) is 1. The molecular formula is C28H24N2O3. The Morgan fingerprint density at radius 1 is 0.667 bits per heavy atom. The molecular weight excluding hydrogens is 412 g/mol. The number of fused-ring (bicyclic) bond motifs is 1. The molecule has 0 saturated carbocycles. The lowest BCUT2D eigenvalue weighted by Crippen LogP contribution is -2.47. The van der Waals surface area contributed by atoms with Crippen molar-refractivity contribution in [3.05, 3.63) is 120 Å². The standard InChI is InChI=1S/C28H24N2O3/c31-24(18-19-10-4-1-5-11-19)29-30-27(32)25-22(20-12-6-2-7-13-20)16-17-23(26(25)28(30)33)21-14-8-3-9-15-21/h1-17,22-23,25-26H,18H2,(H,29,31)/t22-,23+,25-,26-/m1/s1. The average molecular weight is 437 g/mol. The fraction of sp³-hybridized carbons (Fsp3) is 0.179. The Balaban J connectivity index is 1.47. The topological polar surface area (TPSA) is 66.5 Å². The summed E-state index contributed by atoms with van der Waals surface area (Å²) in [5.74, 6) is -2.72. The summed E-state index contributed by atoms with van der Waals surface area (Å²) < 4.78 is 0. The number of amides is 3. The van der Waals surface area contributed by atoms with E-state index in [1.54, 1.807) is 0 Å². The third-order valence-corrected chi connectivity index (χ3v) is 6.51. The van der Waals surface area contributed by atoms with Crippen LogP contribution in [0.5, 0.6) is 0 Å². The molecule has 0 unspecified atom stereocenters. The molecule has 1 aliphatic heterocycles. The highest BCUT2D eigenvalue weighted by atomic mass is 16.2. The van der Waals surface area contributed by atoms with Gasteiger partial charge in [0.15, 0.2) is 0 Å². The summed E-state index contributed by atoms with van der Waals surface area (Å²) in [7, 11) is 0. The van der Waals surface area contributed by atoms with Crippen LogP contribution in [-0.2, 0) is 20.8 Å². The van der Waals surface area contributed by atoms with Crippen molar-refractivity contribution in [1.29, 1.82) is 0 Å². The molecule has 3 aromatic rings. The fourth-order valence-electron chi connectivity index (χ4n) is 4.99. The van der Waals surface area contributed by atoms with Crippen LogP contribution in [0.15, 0.2) is 103 Å². The third kappa shape index (κ3) is 3.98. The maximum Gasteiger partial charge on any atom is 0.253 e. The van der Waals surface area contributed by atoms with Gasteiger partial charge in [-0.15, -0.1) is 0 Å². The van der Waals surface area contributed by atoms with Crippen LogP contribution in [0.3, 0.4) is 0 Å². The van der Waals surface area contributed by atoms with Gasteiger partial charge in [-0.2, -0.15) is 5.01 Å². The molecule has 5 heteroatoms. The number of nitrogens with one attached hydrogen (secondary N) is 1. The number of hydrogen-bond donors (Lipinski definition) is 1. The molecule has 0 bridgehead atoms. The van der Waals surface area contributed by atoms with Crippen molar-refractivity contribution in [1.82, 2.24) is 10.4 Å². The summed E-state index contributed by atoms with van der Waals surface area (Å²) >= 11 is 0. The lowest BCUT2D eigenvalue weighted by molar-refractivity contribution is -0.149. The van der Waals surface area contributed by atoms with E-state index in [-0.39, 0.29) is 36.0 Å².